The molecule has 0 aliphatic carbocycles. The minimum atomic E-state index is -0.465. The second-order valence-electron chi connectivity index (χ2n) is 2.79. The molecule has 0 spiro atoms. The molecule has 3 heteroatoms. The molecule has 66 valence electrons. The van der Waals surface area contributed by atoms with Crippen molar-refractivity contribution in [2.24, 2.45) is 0 Å². The molecule has 12 heavy (non-hydrogen) atoms. The Kier molecular flexibility index (Phi) is 3.12. The van der Waals surface area contributed by atoms with E-state index in [-0.39, 0.29) is 0 Å². The fourth-order valence-electron chi connectivity index (χ4n) is 0.955. The molecular formula is C9H12BrNO. The van der Waals surface area contributed by atoms with Crippen LogP contribution in [0.3, 0.4) is 0 Å². The van der Waals surface area contributed by atoms with Crippen molar-refractivity contribution < 1.29 is 5.11 Å². The summed E-state index contributed by atoms with van der Waals surface area (Å²) in [6, 6.07) is 5.61. The molecule has 0 aliphatic rings. The minimum Gasteiger partial charge on any atom is -0.399 e. The first-order valence-corrected chi connectivity index (χ1v) is 4.87. The summed E-state index contributed by atoms with van der Waals surface area (Å²) in [5.41, 5.74) is 8.31. The van der Waals surface area contributed by atoms with E-state index in [9.17, 15) is 5.11 Å². The number of alkyl halides is 1. The topological polar surface area (TPSA) is 46.2 Å². The Morgan fingerprint density at radius 3 is 2.75 bits per heavy atom. The second kappa shape index (κ2) is 3.92. The number of hydrogen-bond donors (Lipinski definition) is 2. The van der Waals surface area contributed by atoms with Gasteiger partial charge in [0.25, 0.3) is 0 Å². The van der Waals surface area contributed by atoms with Gasteiger partial charge in [0.1, 0.15) is 0 Å². The first kappa shape index (κ1) is 9.55. The molecule has 0 bridgehead atoms. The molecule has 3 N–H and O–H groups in total. The summed E-state index contributed by atoms with van der Waals surface area (Å²) in [5, 5.41) is 9.98. The molecule has 1 atom stereocenters. The molecule has 1 rings (SSSR count). The van der Waals surface area contributed by atoms with Gasteiger partial charge < -0.3 is 10.8 Å². The van der Waals surface area contributed by atoms with Crippen LogP contribution < -0.4 is 5.73 Å². The standard InChI is InChI=1S/C9H12BrNO/c1-6-2-3-7(4-8(6)11)9(12)5-10/h2-4,9,12H,5,11H2,1H3. The van der Waals surface area contributed by atoms with Crippen LogP contribution >= 0.6 is 15.9 Å². The van der Waals surface area contributed by atoms with Crippen LogP contribution in [0.1, 0.15) is 17.2 Å². The van der Waals surface area contributed by atoms with Gasteiger partial charge in [-0.15, -0.1) is 0 Å². The number of rotatable bonds is 2. The predicted molar refractivity (Wildman–Crippen MR) is 54.3 cm³/mol. The number of nitrogen functional groups attached to an aromatic ring is 1. The number of benzene rings is 1. The van der Waals surface area contributed by atoms with Crippen molar-refractivity contribution in [3.63, 3.8) is 0 Å². The molecule has 0 heterocycles. The third-order valence-corrected chi connectivity index (χ3v) is 2.45. The number of aliphatic hydroxyl groups is 1. The summed E-state index contributed by atoms with van der Waals surface area (Å²) in [4.78, 5) is 0. The molecule has 2 nitrogen and oxygen atoms in total. The number of aryl methyl sites for hydroxylation is 1. The van der Waals surface area contributed by atoms with Gasteiger partial charge in [0.15, 0.2) is 0 Å². The molecule has 0 radical (unpaired) electrons. The van der Waals surface area contributed by atoms with Gasteiger partial charge in [-0.25, -0.2) is 0 Å². The van der Waals surface area contributed by atoms with Crippen LogP contribution in [0.25, 0.3) is 0 Å². The van der Waals surface area contributed by atoms with Gasteiger partial charge in [-0.05, 0) is 24.1 Å². The predicted octanol–water partition coefficient (Wildman–Crippen LogP) is 2.01. The average molecular weight is 230 g/mol. The van der Waals surface area contributed by atoms with Crippen LogP contribution in [-0.4, -0.2) is 10.4 Å². The van der Waals surface area contributed by atoms with Crippen molar-refractivity contribution in [2.75, 3.05) is 11.1 Å². The lowest BCUT2D eigenvalue weighted by Crippen LogP contribution is -2.00. The maximum Gasteiger partial charge on any atom is 0.0887 e. The van der Waals surface area contributed by atoms with E-state index in [1.54, 1.807) is 6.07 Å². The zero-order chi connectivity index (χ0) is 9.14. The molecule has 1 unspecified atom stereocenters. The van der Waals surface area contributed by atoms with Crippen LogP contribution in [-0.2, 0) is 0 Å². The van der Waals surface area contributed by atoms with E-state index >= 15 is 0 Å². The molecule has 0 fully saturated rings. The smallest absolute Gasteiger partial charge is 0.0887 e. The van der Waals surface area contributed by atoms with Gasteiger partial charge >= 0.3 is 0 Å². The zero-order valence-corrected chi connectivity index (χ0v) is 8.51. The number of anilines is 1. The van der Waals surface area contributed by atoms with Crippen molar-refractivity contribution in [3.05, 3.63) is 29.3 Å². The number of hydrogen-bond acceptors (Lipinski definition) is 2. The average Bonchev–Trinajstić information content (AvgIpc) is 2.08. The van der Waals surface area contributed by atoms with Gasteiger partial charge in [-0.3, -0.25) is 0 Å². The summed E-state index contributed by atoms with van der Waals surface area (Å²) in [6.45, 7) is 1.94. The van der Waals surface area contributed by atoms with E-state index < -0.39 is 6.10 Å². The highest BCUT2D eigenvalue weighted by Gasteiger charge is 2.05. The minimum absolute atomic E-state index is 0.465. The normalized spacial score (nSPS) is 12.9. The summed E-state index contributed by atoms with van der Waals surface area (Å²) in [7, 11) is 0. The number of aliphatic hydroxyl groups excluding tert-OH is 1. The van der Waals surface area contributed by atoms with E-state index in [4.69, 9.17) is 5.73 Å². The van der Waals surface area contributed by atoms with E-state index in [0.29, 0.717) is 5.33 Å². The lowest BCUT2D eigenvalue weighted by Gasteiger charge is -2.08. The van der Waals surface area contributed by atoms with Crippen molar-refractivity contribution in [1.82, 2.24) is 0 Å². The lowest BCUT2D eigenvalue weighted by molar-refractivity contribution is 0.205. The summed E-state index contributed by atoms with van der Waals surface area (Å²) < 4.78 is 0. The van der Waals surface area contributed by atoms with E-state index in [0.717, 1.165) is 16.8 Å². The molecule has 0 aliphatic heterocycles. The fourth-order valence-corrected chi connectivity index (χ4v) is 1.33. The van der Waals surface area contributed by atoms with E-state index in [2.05, 4.69) is 15.9 Å². The maximum atomic E-state index is 9.44. The third-order valence-electron chi connectivity index (χ3n) is 1.83. The Balaban J connectivity index is 2.96. The van der Waals surface area contributed by atoms with Crippen LogP contribution in [0.15, 0.2) is 18.2 Å². The van der Waals surface area contributed by atoms with Gasteiger partial charge in [-0.1, -0.05) is 28.1 Å². The summed E-state index contributed by atoms with van der Waals surface area (Å²) >= 11 is 3.20. The van der Waals surface area contributed by atoms with E-state index in [1.807, 2.05) is 19.1 Å². The van der Waals surface area contributed by atoms with Crippen LogP contribution in [0.4, 0.5) is 5.69 Å². The Labute approximate surface area is 80.5 Å². The van der Waals surface area contributed by atoms with E-state index in [1.165, 1.54) is 0 Å². The van der Waals surface area contributed by atoms with Gasteiger partial charge in [0.2, 0.25) is 0 Å². The highest BCUT2D eigenvalue weighted by atomic mass is 79.9. The molecule has 1 aromatic carbocycles. The Morgan fingerprint density at radius 2 is 2.25 bits per heavy atom. The highest BCUT2D eigenvalue weighted by Crippen LogP contribution is 2.20. The van der Waals surface area contributed by atoms with Gasteiger partial charge in [0, 0.05) is 11.0 Å². The molecular weight excluding hydrogens is 218 g/mol. The quantitative estimate of drug-likeness (QED) is 0.603. The van der Waals surface area contributed by atoms with Crippen LogP contribution in [0, 0.1) is 6.92 Å². The molecule has 0 amide bonds. The Hall–Kier alpha value is -0.540. The lowest BCUT2D eigenvalue weighted by atomic mass is 10.1. The Bertz CT molecular complexity index is 275. The van der Waals surface area contributed by atoms with Crippen LogP contribution in [0.2, 0.25) is 0 Å². The van der Waals surface area contributed by atoms with Gasteiger partial charge in [-0.2, -0.15) is 0 Å². The number of halogens is 1. The second-order valence-corrected chi connectivity index (χ2v) is 3.43. The maximum absolute atomic E-state index is 9.44. The molecule has 0 saturated carbocycles. The van der Waals surface area contributed by atoms with Crippen molar-refractivity contribution in [3.8, 4) is 0 Å². The third kappa shape index (κ3) is 1.99. The first-order chi connectivity index (χ1) is 5.65. The largest absolute Gasteiger partial charge is 0.399 e. The molecule has 1 aromatic rings. The molecule has 0 aromatic heterocycles. The number of nitrogens with two attached hydrogens (primary N) is 1. The van der Waals surface area contributed by atoms with Crippen LogP contribution in [0.5, 0.6) is 0 Å². The zero-order valence-electron chi connectivity index (χ0n) is 6.92. The van der Waals surface area contributed by atoms with Gasteiger partial charge in [0.05, 0.1) is 6.10 Å². The SMILES string of the molecule is Cc1ccc(C(O)CBr)cc1N. The van der Waals surface area contributed by atoms with Crippen molar-refractivity contribution in [2.45, 2.75) is 13.0 Å². The fraction of sp³-hybridized carbons (Fsp3) is 0.333. The summed E-state index contributed by atoms with van der Waals surface area (Å²) in [6.07, 6.45) is -0.465. The monoisotopic (exact) mass is 229 g/mol. The first-order valence-electron chi connectivity index (χ1n) is 3.75. The Morgan fingerprint density at radius 1 is 1.58 bits per heavy atom. The van der Waals surface area contributed by atoms with Crippen molar-refractivity contribution in [1.29, 1.82) is 0 Å². The highest BCUT2D eigenvalue weighted by molar-refractivity contribution is 9.09. The summed E-state index contributed by atoms with van der Waals surface area (Å²) in [5.74, 6) is 0. The molecule has 0 saturated heterocycles. The van der Waals surface area contributed by atoms with Crippen molar-refractivity contribution >= 4 is 21.6 Å².